The SMILES string of the molecule is CNC(=O)[C@H](C)N(Cc1cccc(Cl)c1)C(=O)CN(c1ccccc1F)S(=O)(=O)N(C)C. The Morgan fingerprint density at radius 1 is 1.12 bits per heavy atom. The third-order valence-corrected chi connectivity index (χ3v) is 6.84. The van der Waals surface area contributed by atoms with Gasteiger partial charge < -0.3 is 10.2 Å². The predicted octanol–water partition coefficient (Wildman–Crippen LogP) is 2.26. The van der Waals surface area contributed by atoms with E-state index in [4.69, 9.17) is 11.6 Å². The van der Waals surface area contributed by atoms with E-state index in [0.29, 0.717) is 14.9 Å². The van der Waals surface area contributed by atoms with Gasteiger partial charge in [0.25, 0.3) is 0 Å². The number of anilines is 1. The van der Waals surface area contributed by atoms with Gasteiger partial charge in [0.15, 0.2) is 0 Å². The van der Waals surface area contributed by atoms with Gasteiger partial charge in [0.1, 0.15) is 18.4 Å². The third-order valence-electron chi connectivity index (χ3n) is 4.80. The lowest BCUT2D eigenvalue weighted by Gasteiger charge is -2.32. The number of rotatable bonds is 9. The van der Waals surface area contributed by atoms with Crippen molar-refractivity contribution in [1.29, 1.82) is 0 Å². The lowest BCUT2D eigenvalue weighted by Crippen LogP contribution is -2.52. The van der Waals surface area contributed by atoms with Crippen LogP contribution >= 0.6 is 11.6 Å². The first-order valence-corrected chi connectivity index (χ1v) is 11.5. The number of benzene rings is 2. The van der Waals surface area contributed by atoms with Crippen LogP contribution in [-0.4, -0.2) is 63.2 Å². The fourth-order valence-electron chi connectivity index (χ4n) is 2.98. The van der Waals surface area contributed by atoms with Crippen molar-refractivity contribution in [3.8, 4) is 0 Å². The van der Waals surface area contributed by atoms with E-state index in [2.05, 4.69) is 5.32 Å². The largest absolute Gasteiger partial charge is 0.357 e. The molecule has 0 bridgehead atoms. The Labute approximate surface area is 192 Å². The van der Waals surface area contributed by atoms with Crippen LogP contribution in [0.3, 0.4) is 0 Å². The van der Waals surface area contributed by atoms with E-state index < -0.39 is 40.4 Å². The van der Waals surface area contributed by atoms with Crippen LogP contribution in [0.1, 0.15) is 12.5 Å². The highest BCUT2D eigenvalue weighted by Crippen LogP contribution is 2.24. The topological polar surface area (TPSA) is 90.0 Å². The van der Waals surface area contributed by atoms with Gasteiger partial charge in [-0.25, -0.2) is 8.70 Å². The van der Waals surface area contributed by atoms with Crippen molar-refractivity contribution < 1.29 is 22.4 Å². The van der Waals surface area contributed by atoms with Gasteiger partial charge in [-0.15, -0.1) is 0 Å². The van der Waals surface area contributed by atoms with Crippen LogP contribution in [0.15, 0.2) is 48.5 Å². The minimum Gasteiger partial charge on any atom is -0.357 e. The maximum absolute atomic E-state index is 14.5. The maximum atomic E-state index is 14.5. The molecule has 0 aliphatic heterocycles. The Morgan fingerprint density at radius 3 is 2.34 bits per heavy atom. The summed E-state index contributed by atoms with van der Waals surface area (Å²) in [5, 5.41) is 2.93. The second-order valence-corrected chi connectivity index (χ2v) is 9.69. The molecule has 2 amide bonds. The molecule has 0 heterocycles. The molecular formula is C21H26ClFN4O4S. The molecule has 0 aliphatic carbocycles. The average molecular weight is 485 g/mol. The van der Waals surface area contributed by atoms with Gasteiger partial charge in [-0.2, -0.15) is 12.7 Å². The fourth-order valence-corrected chi connectivity index (χ4v) is 4.26. The van der Waals surface area contributed by atoms with Crippen LogP contribution in [0.4, 0.5) is 10.1 Å². The Hall–Kier alpha value is -2.69. The van der Waals surface area contributed by atoms with Crippen LogP contribution in [0, 0.1) is 5.82 Å². The number of hydrogen-bond donors (Lipinski definition) is 1. The van der Waals surface area contributed by atoms with Crippen LogP contribution in [0.5, 0.6) is 0 Å². The van der Waals surface area contributed by atoms with Gasteiger partial charge in [-0.3, -0.25) is 9.59 Å². The fraction of sp³-hybridized carbons (Fsp3) is 0.333. The van der Waals surface area contributed by atoms with Gasteiger partial charge in [-0.1, -0.05) is 35.9 Å². The number of amides is 2. The lowest BCUT2D eigenvalue weighted by molar-refractivity contribution is -0.139. The minimum absolute atomic E-state index is 0.00109. The highest BCUT2D eigenvalue weighted by molar-refractivity contribution is 7.90. The van der Waals surface area contributed by atoms with Gasteiger partial charge in [-0.05, 0) is 36.8 Å². The average Bonchev–Trinajstić information content (AvgIpc) is 2.75. The molecule has 0 fully saturated rings. The third kappa shape index (κ3) is 5.96. The number of hydrogen-bond acceptors (Lipinski definition) is 4. The molecule has 0 saturated carbocycles. The summed E-state index contributed by atoms with van der Waals surface area (Å²) >= 11 is 6.04. The first kappa shape index (κ1) is 25.6. The van der Waals surface area contributed by atoms with Crippen molar-refractivity contribution >= 4 is 39.3 Å². The number of nitrogens with zero attached hydrogens (tertiary/aromatic N) is 3. The summed E-state index contributed by atoms with van der Waals surface area (Å²) in [6.07, 6.45) is 0. The Balaban J connectivity index is 2.47. The summed E-state index contributed by atoms with van der Waals surface area (Å²) in [6, 6.07) is 11.1. The molecule has 0 unspecified atom stereocenters. The second-order valence-electron chi connectivity index (χ2n) is 7.19. The Morgan fingerprint density at radius 2 is 1.78 bits per heavy atom. The van der Waals surface area contributed by atoms with Crippen molar-refractivity contribution in [3.63, 3.8) is 0 Å². The molecular weight excluding hydrogens is 459 g/mol. The highest BCUT2D eigenvalue weighted by atomic mass is 35.5. The van der Waals surface area contributed by atoms with Gasteiger partial charge >= 0.3 is 10.2 Å². The molecule has 11 heteroatoms. The maximum Gasteiger partial charge on any atom is 0.304 e. The highest BCUT2D eigenvalue weighted by Gasteiger charge is 2.33. The van der Waals surface area contributed by atoms with E-state index in [-0.39, 0.29) is 12.2 Å². The zero-order chi connectivity index (χ0) is 24.1. The van der Waals surface area contributed by atoms with E-state index in [1.807, 2.05) is 0 Å². The molecule has 8 nitrogen and oxygen atoms in total. The summed E-state index contributed by atoms with van der Waals surface area (Å²) in [6.45, 7) is 0.819. The van der Waals surface area contributed by atoms with Crippen molar-refractivity contribution in [2.24, 2.45) is 0 Å². The molecule has 174 valence electrons. The first-order valence-electron chi connectivity index (χ1n) is 9.69. The molecule has 0 spiro atoms. The number of para-hydroxylation sites is 1. The summed E-state index contributed by atoms with van der Waals surface area (Å²) in [4.78, 5) is 26.8. The first-order chi connectivity index (χ1) is 15.0. The zero-order valence-electron chi connectivity index (χ0n) is 18.2. The van der Waals surface area contributed by atoms with Gasteiger partial charge in [0.05, 0.1) is 5.69 Å². The number of halogens is 2. The standard InChI is InChI=1S/C21H26ClFN4O4S/c1-15(21(29)24-2)26(13-16-8-7-9-17(22)12-16)20(28)14-27(32(30,31)25(3)4)19-11-6-5-10-18(19)23/h5-12,15H,13-14H2,1-4H3,(H,24,29)/t15-/m0/s1. The minimum atomic E-state index is -4.22. The van der Waals surface area contributed by atoms with E-state index in [1.54, 1.807) is 24.3 Å². The predicted molar refractivity (Wildman–Crippen MR) is 122 cm³/mol. The van der Waals surface area contributed by atoms with Crippen molar-refractivity contribution in [3.05, 3.63) is 64.9 Å². The lowest BCUT2D eigenvalue weighted by atomic mass is 10.1. The number of carbonyl (C=O) groups is 2. The molecule has 0 radical (unpaired) electrons. The molecule has 32 heavy (non-hydrogen) atoms. The summed E-state index contributed by atoms with van der Waals surface area (Å²) in [5.41, 5.74) is 0.374. The summed E-state index contributed by atoms with van der Waals surface area (Å²) in [7, 11) is -0.219. The van der Waals surface area contributed by atoms with E-state index in [1.165, 1.54) is 51.2 Å². The van der Waals surface area contributed by atoms with Gasteiger partial charge in [0.2, 0.25) is 11.8 Å². The summed E-state index contributed by atoms with van der Waals surface area (Å²) < 4.78 is 41.9. The summed E-state index contributed by atoms with van der Waals surface area (Å²) in [5.74, 6) is -1.92. The molecule has 0 aromatic heterocycles. The molecule has 2 aromatic rings. The second kappa shape index (κ2) is 10.8. The van der Waals surface area contributed by atoms with Crippen LogP contribution < -0.4 is 9.62 Å². The quantitative estimate of drug-likeness (QED) is 0.591. The number of likely N-dealkylation sites (N-methyl/N-ethyl adjacent to an activating group) is 1. The molecule has 1 N–H and O–H groups in total. The normalized spacial score (nSPS) is 12.3. The van der Waals surface area contributed by atoms with Crippen molar-refractivity contribution in [1.82, 2.24) is 14.5 Å². The molecule has 1 atom stereocenters. The smallest absolute Gasteiger partial charge is 0.304 e. The molecule has 2 aromatic carbocycles. The zero-order valence-corrected chi connectivity index (χ0v) is 19.8. The van der Waals surface area contributed by atoms with Crippen molar-refractivity contribution in [2.45, 2.75) is 19.5 Å². The Kier molecular flexibility index (Phi) is 8.59. The Bertz CT molecular complexity index is 1080. The van der Waals surface area contributed by atoms with Crippen LogP contribution in [0.2, 0.25) is 5.02 Å². The monoisotopic (exact) mass is 484 g/mol. The van der Waals surface area contributed by atoms with Crippen LogP contribution in [-0.2, 0) is 26.3 Å². The molecule has 0 saturated heterocycles. The van der Waals surface area contributed by atoms with E-state index in [9.17, 15) is 22.4 Å². The molecule has 0 aliphatic rings. The number of nitrogens with one attached hydrogen (secondary N) is 1. The van der Waals surface area contributed by atoms with Gasteiger partial charge in [0, 0.05) is 32.7 Å². The van der Waals surface area contributed by atoms with Crippen molar-refractivity contribution in [2.75, 3.05) is 32.0 Å². The number of carbonyl (C=O) groups excluding carboxylic acids is 2. The van der Waals surface area contributed by atoms with E-state index in [0.717, 1.165) is 10.4 Å². The van der Waals surface area contributed by atoms with E-state index >= 15 is 0 Å². The molecule has 2 rings (SSSR count). The van der Waals surface area contributed by atoms with Crippen LogP contribution in [0.25, 0.3) is 0 Å².